The number of hydrogen-bond donors (Lipinski definition) is 1. The smallest absolute Gasteiger partial charge is 0.301 e. The third-order valence-electron chi connectivity index (χ3n) is 7.75. The van der Waals surface area contributed by atoms with E-state index in [9.17, 15) is 19.5 Å². The number of amides is 1. The molecule has 1 amide bonds. The van der Waals surface area contributed by atoms with Crippen molar-refractivity contribution in [3.8, 4) is 17.2 Å². The maximum Gasteiger partial charge on any atom is 0.301 e. The van der Waals surface area contributed by atoms with Crippen LogP contribution in [0.25, 0.3) is 5.76 Å². The quantitative estimate of drug-likeness (QED) is 0.0961. The van der Waals surface area contributed by atoms with Gasteiger partial charge in [0.05, 0.1) is 28.8 Å². The summed E-state index contributed by atoms with van der Waals surface area (Å²) in [6.07, 6.45) is 0.647. The second kappa shape index (κ2) is 12.2. The monoisotopic (exact) mass is 624 g/mol. The summed E-state index contributed by atoms with van der Waals surface area (Å²) in [6.45, 7) is 7.57. The van der Waals surface area contributed by atoms with Gasteiger partial charge in [-0.25, -0.2) is 4.98 Å². The fourth-order valence-electron chi connectivity index (χ4n) is 5.70. The zero-order chi connectivity index (χ0) is 31.8. The first-order valence-corrected chi connectivity index (χ1v) is 15.5. The van der Waals surface area contributed by atoms with Crippen molar-refractivity contribution in [3.05, 3.63) is 105 Å². The molecule has 4 aromatic rings. The second-order valence-electron chi connectivity index (χ2n) is 11.0. The number of ether oxygens (including phenoxy) is 3. The molecule has 1 aromatic heterocycles. The Hall–Kier alpha value is -4.96. The summed E-state index contributed by atoms with van der Waals surface area (Å²) >= 11 is 1.03. The van der Waals surface area contributed by atoms with Gasteiger partial charge in [0.15, 0.2) is 22.4 Å². The number of fused-ring (bicyclic) bond motifs is 1. The minimum atomic E-state index is -1.05. The molecular formula is C35H32N2O7S. The molecule has 0 bridgehead atoms. The van der Waals surface area contributed by atoms with Crippen molar-refractivity contribution in [1.82, 2.24) is 4.98 Å². The van der Waals surface area contributed by atoms with Crippen molar-refractivity contribution in [2.45, 2.75) is 52.9 Å². The van der Waals surface area contributed by atoms with Crippen LogP contribution in [-0.4, -0.2) is 40.3 Å². The lowest BCUT2D eigenvalue weighted by molar-refractivity contribution is -0.132. The van der Waals surface area contributed by atoms with E-state index in [1.54, 1.807) is 43.3 Å². The summed E-state index contributed by atoms with van der Waals surface area (Å²) in [7, 11) is 0. The van der Waals surface area contributed by atoms with Gasteiger partial charge >= 0.3 is 5.91 Å². The number of rotatable bonds is 9. The molecule has 0 aliphatic carbocycles. The number of ketones is 2. The van der Waals surface area contributed by atoms with E-state index in [1.165, 1.54) is 11.8 Å². The first-order chi connectivity index (χ1) is 21.7. The van der Waals surface area contributed by atoms with Crippen LogP contribution in [0, 0.1) is 6.92 Å². The van der Waals surface area contributed by atoms with Gasteiger partial charge in [0.25, 0.3) is 5.78 Å². The van der Waals surface area contributed by atoms with Crippen LogP contribution < -0.4 is 19.1 Å². The molecule has 0 spiro atoms. The Morgan fingerprint density at radius 3 is 2.56 bits per heavy atom. The molecule has 2 aliphatic rings. The van der Waals surface area contributed by atoms with Crippen molar-refractivity contribution in [1.29, 1.82) is 0 Å². The number of carbonyl (C=O) groups excluding carboxylic acids is 3. The molecule has 0 saturated carbocycles. The number of anilines is 1. The van der Waals surface area contributed by atoms with Crippen LogP contribution in [0.3, 0.4) is 0 Å². The average molecular weight is 625 g/mol. The number of aliphatic hydroxyl groups is 1. The Bertz CT molecular complexity index is 1850. The number of benzene rings is 3. The molecule has 3 aromatic carbocycles. The predicted octanol–water partition coefficient (Wildman–Crippen LogP) is 6.58. The van der Waals surface area contributed by atoms with Gasteiger partial charge in [0.2, 0.25) is 0 Å². The molecule has 2 aliphatic heterocycles. The number of thiazole rings is 1. The van der Waals surface area contributed by atoms with E-state index < -0.39 is 17.7 Å². The van der Waals surface area contributed by atoms with Gasteiger partial charge in [-0.2, -0.15) is 0 Å². The lowest BCUT2D eigenvalue weighted by Gasteiger charge is -2.24. The molecular weight excluding hydrogens is 592 g/mol. The Kier molecular flexibility index (Phi) is 8.16. The number of Topliss-reactive ketones (excluding diaryl/α,β-unsaturated/α-hetero) is 2. The third-order valence-corrected chi connectivity index (χ3v) is 9.00. The van der Waals surface area contributed by atoms with Gasteiger partial charge in [-0.3, -0.25) is 19.3 Å². The first kappa shape index (κ1) is 30.1. The van der Waals surface area contributed by atoms with E-state index in [-0.39, 0.29) is 28.4 Å². The van der Waals surface area contributed by atoms with Crippen molar-refractivity contribution in [2.75, 3.05) is 11.5 Å². The number of aromatic nitrogens is 1. The summed E-state index contributed by atoms with van der Waals surface area (Å²) in [5.74, 6) is -0.604. The van der Waals surface area contributed by atoms with Crippen LogP contribution in [0.1, 0.15) is 64.4 Å². The maximum absolute atomic E-state index is 13.8. The fourth-order valence-corrected chi connectivity index (χ4v) is 6.69. The first-order valence-electron chi connectivity index (χ1n) is 14.7. The van der Waals surface area contributed by atoms with E-state index in [0.717, 1.165) is 28.2 Å². The lowest BCUT2D eigenvalue weighted by Crippen LogP contribution is -2.29. The Morgan fingerprint density at radius 2 is 1.84 bits per heavy atom. The molecule has 0 radical (unpaired) electrons. The number of aryl methyl sites for hydroxylation is 1. The zero-order valence-electron chi connectivity index (χ0n) is 25.3. The van der Waals surface area contributed by atoms with Crippen molar-refractivity contribution in [3.63, 3.8) is 0 Å². The van der Waals surface area contributed by atoms with E-state index in [2.05, 4.69) is 4.98 Å². The molecule has 10 heteroatoms. The van der Waals surface area contributed by atoms with Crippen molar-refractivity contribution < 1.29 is 33.7 Å². The maximum atomic E-state index is 13.8. The summed E-state index contributed by atoms with van der Waals surface area (Å²) < 4.78 is 17.9. The minimum Gasteiger partial charge on any atom is -0.507 e. The molecule has 2 atom stereocenters. The number of hydrogen-bond acceptors (Lipinski definition) is 9. The van der Waals surface area contributed by atoms with Gasteiger partial charge in [-0.1, -0.05) is 47.7 Å². The highest BCUT2D eigenvalue weighted by Crippen LogP contribution is 2.46. The lowest BCUT2D eigenvalue weighted by atomic mass is 9.94. The highest BCUT2D eigenvalue weighted by atomic mass is 32.1. The van der Waals surface area contributed by atoms with Gasteiger partial charge in [-0.15, -0.1) is 0 Å². The van der Waals surface area contributed by atoms with E-state index in [0.29, 0.717) is 52.8 Å². The summed E-state index contributed by atoms with van der Waals surface area (Å²) in [4.78, 5) is 45.9. The molecule has 0 unspecified atom stereocenters. The van der Waals surface area contributed by atoms with Crippen LogP contribution >= 0.6 is 11.3 Å². The van der Waals surface area contributed by atoms with Crippen LogP contribution in [-0.2, 0) is 22.6 Å². The van der Waals surface area contributed by atoms with Crippen molar-refractivity contribution in [2.24, 2.45) is 0 Å². The van der Waals surface area contributed by atoms with Crippen LogP contribution in [0.5, 0.6) is 17.2 Å². The highest BCUT2D eigenvalue weighted by molar-refractivity contribution is 7.18. The molecule has 9 nitrogen and oxygen atoms in total. The molecule has 1 N–H and O–H groups in total. The molecule has 230 valence electrons. The second-order valence-corrected chi connectivity index (χ2v) is 12.0. The molecule has 6 rings (SSSR count). The Morgan fingerprint density at radius 1 is 1.07 bits per heavy atom. The van der Waals surface area contributed by atoms with Gasteiger partial charge in [-0.05, 0) is 67.8 Å². The topological polar surface area (TPSA) is 115 Å². The Balaban J connectivity index is 1.48. The van der Waals surface area contributed by atoms with Gasteiger partial charge in [0, 0.05) is 18.9 Å². The van der Waals surface area contributed by atoms with E-state index >= 15 is 0 Å². The number of aliphatic hydroxyl groups excluding tert-OH is 1. The highest BCUT2D eigenvalue weighted by Gasteiger charge is 2.48. The predicted molar refractivity (Wildman–Crippen MR) is 170 cm³/mol. The fraction of sp³-hybridized carbons (Fsp3) is 0.257. The number of nitrogens with zero attached hydrogens (tertiary/aromatic N) is 2. The van der Waals surface area contributed by atoms with Crippen LogP contribution in [0.15, 0.2) is 72.3 Å². The van der Waals surface area contributed by atoms with Gasteiger partial charge < -0.3 is 19.3 Å². The largest absolute Gasteiger partial charge is 0.507 e. The Labute approximate surface area is 264 Å². The standard InChI is InChI=1S/C35H32N2O7S/c1-5-42-28-17-23(11-14-27(28)43-18-22-9-7-6-8-10-22)30-29(31(39)24-12-13-26-25(16-24)15-19(2)44-26)32(40)34(41)37(30)35-36-20(3)33(45-35)21(4)38/h6-14,16-17,19,30,39H,5,15,18H2,1-4H3/b31-29+/t19-,30-/m1/s1. The normalized spacial score (nSPS) is 18.5. The molecule has 1 saturated heterocycles. The SMILES string of the molecule is CCOc1cc([C@@H]2/C(=C(\O)c3ccc4c(c3)C[C@@H](C)O4)C(=O)C(=O)N2c2nc(C)c(C(C)=O)s2)ccc1OCc1ccccc1. The summed E-state index contributed by atoms with van der Waals surface area (Å²) in [6, 6.07) is 19.0. The van der Waals surface area contributed by atoms with E-state index in [1.807, 2.05) is 44.2 Å². The van der Waals surface area contributed by atoms with Crippen LogP contribution in [0.4, 0.5) is 5.13 Å². The summed E-state index contributed by atoms with van der Waals surface area (Å²) in [5.41, 5.74) is 3.13. The molecule has 1 fully saturated rings. The van der Waals surface area contributed by atoms with Gasteiger partial charge in [0.1, 0.15) is 24.2 Å². The number of carbonyl (C=O) groups is 3. The molecule has 3 heterocycles. The van der Waals surface area contributed by atoms with Crippen molar-refractivity contribution >= 4 is 39.7 Å². The summed E-state index contributed by atoms with van der Waals surface area (Å²) in [5, 5.41) is 11.9. The zero-order valence-corrected chi connectivity index (χ0v) is 26.1. The average Bonchev–Trinajstić information content (AvgIpc) is 3.68. The molecule has 45 heavy (non-hydrogen) atoms. The third kappa shape index (κ3) is 5.69. The van der Waals surface area contributed by atoms with E-state index in [4.69, 9.17) is 14.2 Å². The van der Waals surface area contributed by atoms with Crippen LogP contribution in [0.2, 0.25) is 0 Å². The minimum absolute atomic E-state index is 0.00815.